The van der Waals surface area contributed by atoms with Crippen LogP contribution in [-0.2, 0) is 12.8 Å². The number of rotatable bonds is 5. The molecule has 0 atom stereocenters. The zero-order chi connectivity index (χ0) is 14.7. The Kier molecular flexibility index (Phi) is 4.00. The molecule has 110 valence electrons. The molecule has 21 heavy (non-hydrogen) atoms. The maximum Gasteiger partial charge on any atom is 0.123 e. The molecule has 3 heteroatoms. The van der Waals surface area contributed by atoms with E-state index in [0.29, 0.717) is 12.3 Å². The van der Waals surface area contributed by atoms with Crippen LogP contribution in [0.4, 0.5) is 17.1 Å². The average molecular weight is 282 g/mol. The van der Waals surface area contributed by atoms with Gasteiger partial charge < -0.3 is 15.8 Å². The Morgan fingerprint density at radius 3 is 2.76 bits per heavy atom. The molecule has 0 amide bonds. The minimum atomic E-state index is 0.710. The summed E-state index contributed by atoms with van der Waals surface area (Å²) in [6.07, 6.45) is 4.66. The molecule has 2 aromatic carbocycles. The SMILES string of the molecule is CCCOc1cc(N)cc(Nc2ccc3c(c2)CCC3)c1. The van der Waals surface area contributed by atoms with Gasteiger partial charge in [-0.15, -0.1) is 0 Å². The Balaban J connectivity index is 1.79. The van der Waals surface area contributed by atoms with Crippen LogP contribution in [0.3, 0.4) is 0 Å². The van der Waals surface area contributed by atoms with Gasteiger partial charge in [-0.05, 0) is 55.0 Å². The van der Waals surface area contributed by atoms with Crippen LogP contribution in [0.5, 0.6) is 5.75 Å². The van der Waals surface area contributed by atoms with Gasteiger partial charge in [-0.25, -0.2) is 0 Å². The molecule has 0 aliphatic heterocycles. The van der Waals surface area contributed by atoms with E-state index in [4.69, 9.17) is 10.5 Å². The lowest BCUT2D eigenvalue weighted by molar-refractivity contribution is 0.318. The third-order valence-corrected chi connectivity index (χ3v) is 3.79. The first-order chi connectivity index (χ1) is 10.2. The molecule has 0 unspecified atom stereocenters. The molecule has 3 nitrogen and oxygen atoms in total. The Morgan fingerprint density at radius 1 is 1.05 bits per heavy atom. The minimum Gasteiger partial charge on any atom is -0.493 e. The first-order valence-corrected chi connectivity index (χ1v) is 7.67. The molecule has 0 heterocycles. The number of nitrogens with two attached hydrogens (primary N) is 1. The van der Waals surface area contributed by atoms with Crippen molar-refractivity contribution < 1.29 is 4.74 Å². The van der Waals surface area contributed by atoms with Crippen LogP contribution >= 0.6 is 0 Å². The maximum atomic E-state index is 5.95. The second kappa shape index (κ2) is 6.08. The second-order valence-corrected chi connectivity index (χ2v) is 5.60. The molecular weight excluding hydrogens is 260 g/mol. The van der Waals surface area contributed by atoms with E-state index >= 15 is 0 Å². The molecule has 0 spiro atoms. The van der Waals surface area contributed by atoms with Crippen molar-refractivity contribution in [2.45, 2.75) is 32.6 Å². The molecule has 0 saturated heterocycles. The van der Waals surface area contributed by atoms with E-state index in [2.05, 4.69) is 30.4 Å². The van der Waals surface area contributed by atoms with Crippen molar-refractivity contribution in [2.24, 2.45) is 0 Å². The molecule has 0 radical (unpaired) electrons. The van der Waals surface area contributed by atoms with E-state index in [-0.39, 0.29) is 0 Å². The monoisotopic (exact) mass is 282 g/mol. The second-order valence-electron chi connectivity index (χ2n) is 5.60. The summed E-state index contributed by atoms with van der Waals surface area (Å²) < 4.78 is 5.67. The van der Waals surface area contributed by atoms with Crippen LogP contribution in [0.15, 0.2) is 36.4 Å². The molecule has 2 aromatic rings. The van der Waals surface area contributed by atoms with Gasteiger partial charge in [0.2, 0.25) is 0 Å². The van der Waals surface area contributed by atoms with Gasteiger partial charge in [-0.2, -0.15) is 0 Å². The van der Waals surface area contributed by atoms with E-state index in [0.717, 1.165) is 23.5 Å². The molecule has 0 bridgehead atoms. The summed E-state index contributed by atoms with van der Waals surface area (Å²) in [5.74, 6) is 0.820. The Morgan fingerprint density at radius 2 is 1.90 bits per heavy atom. The van der Waals surface area contributed by atoms with Crippen molar-refractivity contribution in [1.82, 2.24) is 0 Å². The fourth-order valence-electron chi connectivity index (χ4n) is 2.81. The Hall–Kier alpha value is -2.16. The van der Waals surface area contributed by atoms with Gasteiger partial charge in [0.15, 0.2) is 0 Å². The Labute approximate surface area is 126 Å². The number of nitrogens with one attached hydrogen (secondary N) is 1. The molecule has 0 aromatic heterocycles. The number of benzene rings is 2. The number of aryl methyl sites for hydroxylation is 2. The number of nitrogen functional groups attached to an aromatic ring is 1. The summed E-state index contributed by atoms with van der Waals surface area (Å²) in [6.45, 7) is 2.80. The van der Waals surface area contributed by atoms with Gasteiger partial charge in [0.05, 0.1) is 6.61 Å². The molecular formula is C18H22N2O. The van der Waals surface area contributed by atoms with Crippen LogP contribution in [0.25, 0.3) is 0 Å². The highest BCUT2D eigenvalue weighted by molar-refractivity contribution is 5.67. The summed E-state index contributed by atoms with van der Waals surface area (Å²) in [6, 6.07) is 12.4. The molecule has 3 rings (SSSR count). The number of hydrogen-bond acceptors (Lipinski definition) is 3. The van der Waals surface area contributed by atoms with Crippen molar-refractivity contribution in [3.63, 3.8) is 0 Å². The van der Waals surface area contributed by atoms with Crippen LogP contribution in [0, 0.1) is 0 Å². The van der Waals surface area contributed by atoms with Crippen LogP contribution < -0.4 is 15.8 Å². The van der Waals surface area contributed by atoms with Gasteiger partial charge in [-0.1, -0.05) is 13.0 Å². The van der Waals surface area contributed by atoms with Gasteiger partial charge in [0.1, 0.15) is 5.75 Å². The first-order valence-electron chi connectivity index (χ1n) is 7.67. The van der Waals surface area contributed by atoms with Gasteiger partial charge in [-0.3, -0.25) is 0 Å². The topological polar surface area (TPSA) is 47.3 Å². The number of fused-ring (bicyclic) bond motifs is 1. The third kappa shape index (κ3) is 3.30. The number of ether oxygens (including phenoxy) is 1. The summed E-state index contributed by atoms with van der Waals surface area (Å²) in [5, 5.41) is 3.43. The normalized spacial score (nSPS) is 13.0. The molecule has 3 N–H and O–H groups in total. The van der Waals surface area contributed by atoms with E-state index in [1.807, 2.05) is 18.2 Å². The largest absolute Gasteiger partial charge is 0.493 e. The van der Waals surface area contributed by atoms with Crippen molar-refractivity contribution in [3.05, 3.63) is 47.5 Å². The average Bonchev–Trinajstić information content (AvgIpc) is 2.92. The summed E-state index contributed by atoms with van der Waals surface area (Å²) in [5.41, 5.74) is 11.7. The summed E-state index contributed by atoms with van der Waals surface area (Å²) >= 11 is 0. The van der Waals surface area contributed by atoms with Crippen molar-refractivity contribution in [2.75, 3.05) is 17.7 Å². The minimum absolute atomic E-state index is 0.710. The zero-order valence-corrected chi connectivity index (χ0v) is 12.5. The maximum absolute atomic E-state index is 5.95. The standard InChI is InChI=1S/C18H22N2O/c1-2-8-21-18-11-15(19)10-17(12-18)20-16-7-6-13-4-3-5-14(13)9-16/h6-7,9-12,20H,2-5,8,19H2,1H3. The lowest BCUT2D eigenvalue weighted by Gasteiger charge is -2.12. The van der Waals surface area contributed by atoms with E-state index in [1.165, 1.54) is 30.4 Å². The lowest BCUT2D eigenvalue weighted by atomic mass is 10.1. The van der Waals surface area contributed by atoms with Gasteiger partial charge in [0, 0.05) is 29.2 Å². The molecule has 1 aliphatic carbocycles. The van der Waals surface area contributed by atoms with Crippen molar-refractivity contribution in [1.29, 1.82) is 0 Å². The predicted octanol–water partition coefficient (Wildman–Crippen LogP) is 4.29. The molecule has 0 saturated carbocycles. The summed E-state index contributed by atoms with van der Waals surface area (Å²) in [4.78, 5) is 0. The zero-order valence-electron chi connectivity index (χ0n) is 12.5. The number of hydrogen-bond donors (Lipinski definition) is 2. The highest BCUT2D eigenvalue weighted by Gasteiger charge is 2.11. The van der Waals surface area contributed by atoms with Crippen LogP contribution in [0.2, 0.25) is 0 Å². The fraction of sp³-hybridized carbons (Fsp3) is 0.333. The smallest absolute Gasteiger partial charge is 0.123 e. The van der Waals surface area contributed by atoms with E-state index in [9.17, 15) is 0 Å². The Bertz CT molecular complexity index is 637. The van der Waals surface area contributed by atoms with E-state index < -0.39 is 0 Å². The highest BCUT2D eigenvalue weighted by atomic mass is 16.5. The van der Waals surface area contributed by atoms with E-state index in [1.54, 1.807) is 0 Å². The number of anilines is 3. The van der Waals surface area contributed by atoms with Crippen molar-refractivity contribution in [3.8, 4) is 5.75 Å². The highest BCUT2D eigenvalue weighted by Crippen LogP contribution is 2.29. The van der Waals surface area contributed by atoms with Gasteiger partial charge >= 0.3 is 0 Å². The fourth-order valence-corrected chi connectivity index (χ4v) is 2.81. The lowest BCUT2D eigenvalue weighted by Crippen LogP contribution is -1.98. The van der Waals surface area contributed by atoms with Crippen LogP contribution in [-0.4, -0.2) is 6.61 Å². The quantitative estimate of drug-likeness (QED) is 0.804. The predicted molar refractivity (Wildman–Crippen MR) is 88.4 cm³/mol. The molecule has 1 aliphatic rings. The van der Waals surface area contributed by atoms with Crippen LogP contribution in [0.1, 0.15) is 30.9 Å². The van der Waals surface area contributed by atoms with Gasteiger partial charge in [0.25, 0.3) is 0 Å². The third-order valence-electron chi connectivity index (χ3n) is 3.79. The first kappa shape index (κ1) is 13.8. The van der Waals surface area contributed by atoms with Crippen molar-refractivity contribution >= 4 is 17.1 Å². The molecule has 0 fully saturated rings. The summed E-state index contributed by atoms with van der Waals surface area (Å²) in [7, 11) is 0.